The maximum atomic E-state index is 12.1. The summed E-state index contributed by atoms with van der Waals surface area (Å²) in [6.45, 7) is 3.54. The maximum Gasteiger partial charge on any atom is 0.415 e. The van der Waals surface area contributed by atoms with Gasteiger partial charge in [-0.3, -0.25) is 4.98 Å². The van der Waals surface area contributed by atoms with E-state index < -0.39 is 0 Å². The number of hydrogen-bond acceptors (Lipinski definition) is 4. The van der Waals surface area contributed by atoms with Gasteiger partial charge in [0.2, 0.25) is 0 Å². The lowest BCUT2D eigenvalue weighted by atomic mass is 10.2. The Morgan fingerprint density at radius 3 is 2.67 bits per heavy atom. The molecule has 5 heteroatoms. The van der Waals surface area contributed by atoms with Crippen LogP contribution in [0.25, 0.3) is 0 Å². The van der Waals surface area contributed by atoms with Crippen molar-refractivity contribution >= 4 is 6.09 Å². The van der Waals surface area contributed by atoms with Crippen LogP contribution in [-0.2, 0) is 6.54 Å². The molecule has 0 spiro atoms. The number of unbranched alkanes of at least 4 members (excludes halogenated alkanes) is 3. The summed E-state index contributed by atoms with van der Waals surface area (Å²) in [7, 11) is 5.69. The molecule has 1 aromatic heterocycles. The van der Waals surface area contributed by atoms with Crippen molar-refractivity contribution in [3.8, 4) is 5.75 Å². The number of amides is 1. The molecule has 1 aromatic rings. The zero-order valence-corrected chi connectivity index (χ0v) is 13.6. The highest BCUT2D eigenvalue weighted by Crippen LogP contribution is 2.17. The second kappa shape index (κ2) is 9.34. The Bertz CT molecular complexity index is 435. The number of carbonyl (C=O) groups excluding carboxylic acids is 1. The molecule has 0 bridgehead atoms. The average Bonchev–Trinajstić information content (AvgIpc) is 2.45. The molecule has 1 amide bonds. The number of rotatable bonds is 8. The van der Waals surface area contributed by atoms with Crippen molar-refractivity contribution in [3.63, 3.8) is 0 Å². The maximum absolute atomic E-state index is 12.1. The van der Waals surface area contributed by atoms with Crippen LogP contribution in [0.4, 0.5) is 4.79 Å². The first-order valence-corrected chi connectivity index (χ1v) is 7.56. The minimum absolute atomic E-state index is 0.320. The molecule has 0 fully saturated rings. The second-order valence-corrected chi connectivity index (χ2v) is 5.54. The third-order valence-corrected chi connectivity index (χ3v) is 3.17. The Morgan fingerprint density at radius 1 is 1.24 bits per heavy atom. The average molecular weight is 293 g/mol. The predicted molar refractivity (Wildman–Crippen MR) is 84.4 cm³/mol. The predicted octanol–water partition coefficient (Wildman–Crippen LogP) is 3.15. The molecule has 0 radical (unpaired) electrons. The third-order valence-electron chi connectivity index (χ3n) is 3.17. The van der Waals surface area contributed by atoms with Gasteiger partial charge in [0, 0.05) is 26.3 Å². The zero-order chi connectivity index (χ0) is 15.7. The van der Waals surface area contributed by atoms with Gasteiger partial charge in [0.05, 0.1) is 5.69 Å². The normalized spacial score (nSPS) is 10.7. The van der Waals surface area contributed by atoms with E-state index in [9.17, 15) is 4.79 Å². The highest BCUT2D eigenvalue weighted by molar-refractivity contribution is 5.70. The number of pyridine rings is 1. The van der Waals surface area contributed by atoms with Gasteiger partial charge in [-0.05, 0) is 32.6 Å². The Balaban J connectivity index is 2.53. The highest BCUT2D eigenvalue weighted by atomic mass is 16.6. The van der Waals surface area contributed by atoms with E-state index in [-0.39, 0.29) is 6.09 Å². The first-order valence-electron chi connectivity index (χ1n) is 7.56. The van der Waals surface area contributed by atoms with E-state index in [1.54, 1.807) is 30.3 Å². The first-order chi connectivity index (χ1) is 10.0. The van der Waals surface area contributed by atoms with E-state index in [0.717, 1.165) is 25.1 Å². The zero-order valence-electron chi connectivity index (χ0n) is 13.6. The van der Waals surface area contributed by atoms with Crippen LogP contribution < -0.4 is 4.74 Å². The number of carbonyl (C=O) groups is 1. The lowest BCUT2D eigenvalue weighted by Gasteiger charge is -2.18. The summed E-state index contributed by atoms with van der Waals surface area (Å²) >= 11 is 0. The molecule has 0 aliphatic rings. The molecule has 1 heterocycles. The van der Waals surface area contributed by atoms with Gasteiger partial charge in [-0.15, -0.1) is 0 Å². The molecule has 0 N–H and O–H groups in total. The van der Waals surface area contributed by atoms with Gasteiger partial charge in [-0.25, -0.2) is 4.79 Å². The second-order valence-electron chi connectivity index (χ2n) is 5.54. The number of aromatic nitrogens is 1. The van der Waals surface area contributed by atoms with Crippen molar-refractivity contribution in [2.45, 2.75) is 39.2 Å². The number of ether oxygens (including phenoxy) is 1. The fourth-order valence-corrected chi connectivity index (χ4v) is 1.97. The summed E-state index contributed by atoms with van der Waals surface area (Å²) in [4.78, 5) is 20.0. The molecule has 21 heavy (non-hydrogen) atoms. The van der Waals surface area contributed by atoms with Gasteiger partial charge in [0.1, 0.15) is 0 Å². The summed E-state index contributed by atoms with van der Waals surface area (Å²) < 4.78 is 5.46. The van der Waals surface area contributed by atoms with Crippen molar-refractivity contribution in [2.75, 3.05) is 27.7 Å². The van der Waals surface area contributed by atoms with Crippen molar-refractivity contribution in [3.05, 3.63) is 24.0 Å². The minimum Gasteiger partial charge on any atom is -0.408 e. The highest BCUT2D eigenvalue weighted by Gasteiger charge is 2.14. The van der Waals surface area contributed by atoms with E-state index in [4.69, 9.17) is 4.74 Å². The molecule has 0 aliphatic carbocycles. The van der Waals surface area contributed by atoms with Gasteiger partial charge in [-0.2, -0.15) is 0 Å². The Labute approximate surface area is 127 Å². The van der Waals surface area contributed by atoms with E-state index in [1.165, 1.54) is 12.8 Å². The SMILES string of the molecule is CCCCCCN(C)C(=O)Oc1cccnc1CN(C)C. The van der Waals surface area contributed by atoms with Crippen molar-refractivity contribution < 1.29 is 9.53 Å². The van der Waals surface area contributed by atoms with Crippen LogP contribution in [0.1, 0.15) is 38.3 Å². The van der Waals surface area contributed by atoms with Crippen molar-refractivity contribution in [1.29, 1.82) is 0 Å². The van der Waals surface area contributed by atoms with Gasteiger partial charge >= 0.3 is 6.09 Å². The van der Waals surface area contributed by atoms with Crippen LogP contribution >= 0.6 is 0 Å². The van der Waals surface area contributed by atoms with E-state index >= 15 is 0 Å². The summed E-state index contributed by atoms with van der Waals surface area (Å²) in [5.74, 6) is 0.539. The van der Waals surface area contributed by atoms with E-state index in [0.29, 0.717) is 12.3 Å². The first kappa shape index (κ1) is 17.4. The van der Waals surface area contributed by atoms with Gasteiger partial charge in [-0.1, -0.05) is 26.2 Å². The molecular formula is C16H27N3O2. The van der Waals surface area contributed by atoms with Crippen LogP contribution in [0.3, 0.4) is 0 Å². The van der Waals surface area contributed by atoms with E-state index in [1.807, 2.05) is 19.0 Å². The molecule has 0 saturated carbocycles. The third kappa shape index (κ3) is 6.58. The molecule has 0 saturated heterocycles. The minimum atomic E-state index is -0.320. The lowest BCUT2D eigenvalue weighted by Crippen LogP contribution is -2.31. The quantitative estimate of drug-likeness (QED) is 0.691. The van der Waals surface area contributed by atoms with E-state index in [2.05, 4.69) is 11.9 Å². The lowest BCUT2D eigenvalue weighted by molar-refractivity contribution is 0.161. The Hall–Kier alpha value is -1.62. The topological polar surface area (TPSA) is 45.7 Å². The molecule has 0 aromatic carbocycles. The number of nitrogens with zero attached hydrogens (tertiary/aromatic N) is 3. The van der Waals surface area contributed by atoms with Crippen LogP contribution in [0, 0.1) is 0 Å². The summed E-state index contributed by atoms with van der Waals surface area (Å²) in [6.07, 6.45) is 5.95. The molecule has 0 atom stereocenters. The molecule has 0 aliphatic heterocycles. The van der Waals surface area contributed by atoms with Crippen molar-refractivity contribution in [2.24, 2.45) is 0 Å². The largest absolute Gasteiger partial charge is 0.415 e. The fraction of sp³-hybridized carbons (Fsp3) is 0.625. The fourth-order valence-electron chi connectivity index (χ4n) is 1.97. The van der Waals surface area contributed by atoms with Crippen LogP contribution in [0.15, 0.2) is 18.3 Å². The van der Waals surface area contributed by atoms with Crippen molar-refractivity contribution in [1.82, 2.24) is 14.8 Å². The smallest absolute Gasteiger partial charge is 0.408 e. The molecule has 5 nitrogen and oxygen atoms in total. The van der Waals surface area contributed by atoms with Crippen LogP contribution in [0.2, 0.25) is 0 Å². The molecular weight excluding hydrogens is 266 g/mol. The number of hydrogen-bond donors (Lipinski definition) is 0. The molecule has 1 rings (SSSR count). The van der Waals surface area contributed by atoms with Gasteiger partial charge < -0.3 is 14.5 Å². The standard InChI is InChI=1S/C16H27N3O2/c1-5-6-7-8-12-19(4)16(20)21-15-10-9-11-17-14(15)13-18(2)3/h9-11H,5-8,12-13H2,1-4H3. The van der Waals surface area contributed by atoms with Crippen LogP contribution in [-0.4, -0.2) is 48.6 Å². The van der Waals surface area contributed by atoms with Gasteiger partial charge in [0.15, 0.2) is 5.75 Å². The summed E-state index contributed by atoms with van der Waals surface area (Å²) in [5.41, 5.74) is 0.773. The monoisotopic (exact) mass is 293 g/mol. The summed E-state index contributed by atoms with van der Waals surface area (Å²) in [5, 5.41) is 0. The van der Waals surface area contributed by atoms with Gasteiger partial charge in [0.25, 0.3) is 0 Å². The Kier molecular flexibility index (Phi) is 7.75. The molecule has 118 valence electrons. The summed E-state index contributed by atoms with van der Waals surface area (Å²) in [6, 6.07) is 3.57. The van der Waals surface area contributed by atoms with Crippen LogP contribution in [0.5, 0.6) is 5.75 Å². The molecule has 0 unspecified atom stereocenters. The Morgan fingerprint density at radius 2 is 2.00 bits per heavy atom.